The largest absolute Gasteiger partial charge is 0.492 e. The van der Waals surface area contributed by atoms with E-state index in [1.807, 2.05) is 6.92 Å². The van der Waals surface area contributed by atoms with E-state index in [4.69, 9.17) is 4.74 Å². The average molecular weight is 312 g/mol. The van der Waals surface area contributed by atoms with Gasteiger partial charge in [0.2, 0.25) is 0 Å². The molecule has 0 radical (unpaired) electrons. The summed E-state index contributed by atoms with van der Waals surface area (Å²) in [7, 11) is 0. The van der Waals surface area contributed by atoms with Crippen LogP contribution < -0.4 is 4.74 Å². The van der Waals surface area contributed by atoms with Crippen LogP contribution in [-0.4, -0.2) is 6.61 Å². The van der Waals surface area contributed by atoms with Gasteiger partial charge >= 0.3 is 12.4 Å². The molecule has 1 nitrogen and oxygen atoms in total. The van der Waals surface area contributed by atoms with Crippen LogP contribution in [0.3, 0.4) is 0 Å². The Bertz CT molecular complexity index is 501. The first-order valence-corrected chi connectivity index (χ1v) is 6.19. The van der Waals surface area contributed by atoms with Gasteiger partial charge in [-0.3, -0.25) is 0 Å². The lowest BCUT2D eigenvalue weighted by Crippen LogP contribution is -2.14. The minimum absolute atomic E-state index is 0.00815. The van der Waals surface area contributed by atoms with Gasteiger partial charge in [-0.15, -0.1) is 0 Å². The first-order chi connectivity index (χ1) is 9.61. The number of hydrogen-bond acceptors (Lipinski definition) is 1. The molecule has 0 saturated carbocycles. The maximum atomic E-state index is 13.0. The van der Waals surface area contributed by atoms with Gasteiger partial charge in [-0.05, 0) is 18.6 Å². The molecule has 0 N–H and O–H groups in total. The molecule has 0 aliphatic heterocycles. The van der Waals surface area contributed by atoms with Crippen LogP contribution in [0.15, 0.2) is 18.7 Å². The van der Waals surface area contributed by atoms with E-state index in [9.17, 15) is 26.3 Å². The lowest BCUT2D eigenvalue weighted by molar-refractivity contribution is -0.143. The molecule has 0 saturated heterocycles. The third-order valence-corrected chi connectivity index (χ3v) is 2.71. The summed E-state index contributed by atoms with van der Waals surface area (Å²) in [6.45, 7) is 5.06. The fraction of sp³-hybridized carbons (Fsp3) is 0.429. The van der Waals surface area contributed by atoms with E-state index < -0.39 is 29.2 Å². The van der Waals surface area contributed by atoms with Gasteiger partial charge < -0.3 is 4.74 Å². The van der Waals surface area contributed by atoms with Gasteiger partial charge in [-0.25, -0.2) is 0 Å². The van der Waals surface area contributed by atoms with Crippen LogP contribution in [0.5, 0.6) is 5.75 Å². The Labute approximate surface area is 118 Å². The predicted molar refractivity (Wildman–Crippen MR) is 66.9 cm³/mol. The molecule has 0 aliphatic carbocycles. The Morgan fingerprint density at radius 2 is 1.71 bits per heavy atom. The molecule has 0 aromatic heterocycles. The first kappa shape index (κ1) is 17.4. The highest BCUT2D eigenvalue weighted by Gasteiger charge is 2.40. The number of alkyl halides is 6. The molecule has 1 aromatic rings. The van der Waals surface area contributed by atoms with Crippen LogP contribution in [0.1, 0.15) is 36.5 Å². The molecular weight excluding hydrogens is 298 g/mol. The number of ether oxygens (including phenoxy) is 1. The summed E-state index contributed by atoms with van der Waals surface area (Å²) in [4.78, 5) is 0. The van der Waals surface area contributed by atoms with Crippen LogP contribution in [0.25, 0.3) is 6.08 Å². The summed E-state index contributed by atoms with van der Waals surface area (Å²) in [6.07, 6.45) is -7.72. The molecule has 0 bridgehead atoms. The minimum atomic E-state index is -4.94. The van der Waals surface area contributed by atoms with E-state index in [1.165, 1.54) is 0 Å². The number of halogens is 6. The highest BCUT2D eigenvalue weighted by molar-refractivity contribution is 5.61. The normalized spacial score (nSPS) is 12.3. The van der Waals surface area contributed by atoms with Gasteiger partial charge in [0, 0.05) is 5.56 Å². The van der Waals surface area contributed by atoms with Crippen LogP contribution in [0, 0.1) is 0 Å². The Morgan fingerprint density at radius 3 is 2.14 bits per heavy atom. The lowest BCUT2D eigenvalue weighted by atomic mass is 10.0. The topological polar surface area (TPSA) is 9.23 Å². The maximum absolute atomic E-state index is 13.0. The number of unbranched alkanes of at least 4 members (excludes halogenated alkanes) is 1. The molecule has 0 amide bonds. The quantitative estimate of drug-likeness (QED) is 0.512. The SMILES string of the molecule is C=Cc1cc(C(F)(F)F)cc(C(F)(F)F)c1OCCCC. The number of rotatable bonds is 5. The summed E-state index contributed by atoms with van der Waals surface area (Å²) in [5, 5.41) is 0. The van der Waals surface area contributed by atoms with Gasteiger partial charge in [0.1, 0.15) is 5.75 Å². The molecular formula is C14H14F6O. The van der Waals surface area contributed by atoms with Crippen molar-refractivity contribution in [1.82, 2.24) is 0 Å². The minimum Gasteiger partial charge on any atom is -0.492 e. The molecule has 0 heterocycles. The lowest BCUT2D eigenvalue weighted by Gasteiger charge is -2.19. The van der Waals surface area contributed by atoms with Crippen molar-refractivity contribution in [2.45, 2.75) is 32.1 Å². The maximum Gasteiger partial charge on any atom is 0.420 e. The zero-order chi connectivity index (χ0) is 16.3. The highest BCUT2D eigenvalue weighted by Crippen LogP contribution is 2.43. The van der Waals surface area contributed by atoms with E-state index in [2.05, 4.69) is 6.58 Å². The molecule has 7 heteroatoms. The molecule has 0 unspecified atom stereocenters. The second-order valence-corrected chi connectivity index (χ2v) is 4.34. The van der Waals surface area contributed by atoms with Gasteiger partial charge in [-0.1, -0.05) is 26.0 Å². The van der Waals surface area contributed by atoms with Crippen molar-refractivity contribution in [1.29, 1.82) is 0 Å². The zero-order valence-electron chi connectivity index (χ0n) is 11.2. The molecule has 1 rings (SSSR count). The van der Waals surface area contributed by atoms with Gasteiger partial charge in [0.25, 0.3) is 0 Å². The smallest absolute Gasteiger partial charge is 0.420 e. The molecule has 1 aromatic carbocycles. The van der Waals surface area contributed by atoms with E-state index in [-0.39, 0.29) is 18.2 Å². The van der Waals surface area contributed by atoms with Gasteiger partial charge in [0.05, 0.1) is 17.7 Å². The zero-order valence-corrected chi connectivity index (χ0v) is 11.2. The average Bonchev–Trinajstić information content (AvgIpc) is 2.36. The van der Waals surface area contributed by atoms with Crippen molar-refractivity contribution in [3.63, 3.8) is 0 Å². The molecule has 0 atom stereocenters. The molecule has 0 spiro atoms. The number of hydrogen-bond donors (Lipinski definition) is 0. The number of benzene rings is 1. The Balaban J connectivity index is 3.42. The van der Waals surface area contributed by atoms with Crippen molar-refractivity contribution in [3.05, 3.63) is 35.4 Å². The van der Waals surface area contributed by atoms with Crippen LogP contribution in [0.2, 0.25) is 0 Å². The third-order valence-electron chi connectivity index (χ3n) is 2.71. The summed E-state index contributed by atoms with van der Waals surface area (Å²) >= 11 is 0. The molecule has 0 aliphatic rings. The van der Waals surface area contributed by atoms with Crippen molar-refractivity contribution in [2.75, 3.05) is 6.61 Å². The van der Waals surface area contributed by atoms with E-state index in [0.29, 0.717) is 18.9 Å². The summed E-state index contributed by atoms with van der Waals surface area (Å²) < 4.78 is 81.9. The predicted octanol–water partition coefficient (Wildman–Crippen LogP) is 5.55. The standard InChI is InChI=1S/C14H14F6O/c1-3-5-6-21-12-9(4-2)7-10(13(15,16)17)8-11(12)14(18,19)20/h4,7-8H,2-3,5-6H2,1H3. The van der Waals surface area contributed by atoms with Crippen molar-refractivity contribution >= 4 is 6.08 Å². The van der Waals surface area contributed by atoms with Crippen molar-refractivity contribution in [3.8, 4) is 5.75 Å². The Hall–Kier alpha value is -1.66. The molecule has 0 fully saturated rings. The van der Waals surface area contributed by atoms with Gasteiger partial charge in [0.15, 0.2) is 0 Å². The van der Waals surface area contributed by atoms with Crippen LogP contribution >= 0.6 is 0 Å². The monoisotopic (exact) mass is 312 g/mol. The summed E-state index contributed by atoms with van der Waals surface area (Å²) in [5.41, 5.74) is -3.15. The Morgan fingerprint density at radius 1 is 1.10 bits per heavy atom. The summed E-state index contributed by atoms with van der Waals surface area (Å²) in [6, 6.07) is 0.664. The molecule has 118 valence electrons. The van der Waals surface area contributed by atoms with Crippen LogP contribution in [-0.2, 0) is 12.4 Å². The van der Waals surface area contributed by atoms with Crippen molar-refractivity contribution < 1.29 is 31.1 Å². The summed E-state index contributed by atoms with van der Waals surface area (Å²) in [5.74, 6) is -0.612. The van der Waals surface area contributed by atoms with Crippen LogP contribution in [0.4, 0.5) is 26.3 Å². The van der Waals surface area contributed by atoms with E-state index >= 15 is 0 Å². The fourth-order valence-corrected chi connectivity index (χ4v) is 1.66. The van der Waals surface area contributed by atoms with Crippen molar-refractivity contribution in [2.24, 2.45) is 0 Å². The third kappa shape index (κ3) is 4.41. The highest BCUT2D eigenvalue weighted by atomic mass is 19.4. The Kier molecular flexibility index (Phi) is 5.31. The van der Waals surface area contributed by atoms with Gasteiger partial charge in [-0.2, -0.15) is 26.3 Å². The van der Waals surface area contributed by atoms with E-state index in [1.54, 1.807) is 0 Å². The van der Waals surface area contributed by atoms with E-state index in [0.717, 1.165) is 6.08 Å². The fourth-order valence-electron chi connectivity index (χ4n) is 1.66. The molecule has 21 heavy (non-hydrogen) atoms. The second-order valence-electron chi connectivity index (χ2n) is 4.34. The second kappa shape index (κ2) is 6.41. The first-order valence-electron chi connectivity index (χ1n) is 6.19.